The molecule has 4 rings (SSSR count). The number of rotatable bonds is 5. The van der Waals surface area contributed by atoms with Gasteiger partial charge in [0, 0.05) is 23.0 Å². The van der Waals surface area contributed by atoms with Crippen molar-refractivity contribution in [3.8, 4) is 16.9 Å². The number of carbonyl (C=O) groups is 2. The zero-order valence-electron chi connectivity index (χ0n) is 17.7. The van der Waals surface area contributed by atoms with Crippen molar-refractivity contribution in [2.45, 2.75) is 6.92 Å². The Kier molecular flexibility index (Phi) is 6.36. The van der Waals surface area contributed by atoms with Gasteiger partial charge in [0.15, 0.2) is 0 Å². The molecule has 0 bridgehead atoms. The van der Waals surface area contributed by atoms with Gasteiger partial charge >= 0.3 is 11.8 Å². The molecular formula is C25H20FN5O2. The second-order valence-electron chi connectivity index (χ2n) is 7.24. The number of carbonyl (C=O) groups excluding carboxylic acids is 2. The molecule has 0 spiro atoms. The maximum Gasteiger partial charge on any atom is 0.329 e. The van der Waals surface area contributed by atoms with Crippen molar-refractivity contribution >= 4 is 23.7 Å². The molecule has 1 aromatic heterocycles. The maximum atomic E-state index is 13.4. The van der Waals surface area contributed by atoms with Gasteiger partial charge in [-0.3, -0.25) is 9.59 Å². The van der Waals surface area contributed by atoms with Crippen LogP contribution in [-0.2, 0) is 9.59 Å². The molecular weight excluding hydrogens is 421 g/mol. The van der Waals surface area contributed by atoms with Crippen LogP contribution >= 0.6 is 0 Å². The van der Waals surface area contributed by atoms with Gasteiger partial charge in [0.25, 0.3) is 0 Å². The van der Waals surface area contributed by atoms with E-state index in [0.29, 0.717) is 22.5 Å². The van der Waals surface area contributed by atoms with Crippen molar-refractivity contribution in [3.63, 3.8) is 0 Å². The molecule has 4 aromatic rings. The van der Waals surface area contributed by atoms with E-state index >= 15 is 0 Å². The monoisotopic (exact) mass is 441 g/mol. The first-order chi connectivity index (χ1) is 16.0. The second kappa shape index (κ2) is 9.69. The summed E-state index contributed by atoms with van der Waals surface area (Å²) in [4.78, 5) is 24.3. The molecule has 0 saturated heterocycles. The second-order valence-corrected chi connectivity index (χ2v) is 7.24. The molecule has 0 unspecified atom stereocenters. The molecule has 0 aliphatic rings. The van der Waals surface area contributed by atoms with Crippen LogP contribution in [0.15, 0.2) is 90.2 Å². The summed E-state index contributed by atoms with van der Waals surface area (Å²) in [7, 11) is 0. The van der Waals surface area contributed by atoms with Gasteiger partial charge in [-0.2, -0.15) is 10.2 Å². The van der Waals surface area contributed by atoms with Crippen LogP contribution in [-0.4, -0.2) is 27.8 Å². The van der Waals surface area contributed by atoms with E-state index < -0.39 is 11.8 Å². The number of aromatic nitrogens is 2. The first kappa shape index (κ1) is 21.6. The number of nitrogens with zero attached hydrogens (tertiary/aromatic N) is 3. The summed E-state index contributed by atoms with van der Waals surface area (Å²) < 4.78 is 15.0. The quantitative estimate of drug-likeness (QED) is 0.278. The molecule has 0 aliphatic carbocycles. The van der Waals surface area contributed by atoms with Gasteiger partial charge in [-0.25, -0.2) is 14.5 Å². The van der Waals surface area contributed by atoms with E-state index in [2.05, 4.69) is 20.9 Å². The number of benzene rings is 3. The Bertz CT molecular complexity index is 1310. The van der Waals surface area contributed by atoms with Gasteiger partial charge in [0.1, 0.15) is 11.5 Å². The minimum Gasteiger partial charge on any atom is -0.318 e. The summed E-state index contributed by atoms with van der Waals surface area (Å²) in [5.74, 6) is -2.11. The number of aryl methyl sites for hydroxylation is 1. The van der Waals surface area contributed by atoms with Crippen molar-refractivity contribution in [3.05, 3.63) is 102 Å². The van der Waals surface area contributed by atoms with E-state index in [9.17, 15) is 14.0 Å². The molecule has 0 fully saturated rings. The summed E-state index contributed by atoms with van der Waals surface area (Å²) in [6, 6.07) is 22.4. The zero-order valence-corrected chi connectivity index (χ0v) is 17.7. The fraction of sp³-hybridized carbons (Fsp3) is 0.0400. The van der Waals surface area contributed by atoms with E-state index in [-0.39, 0.29) is 5.82 Å². The summed E-state index contributed by atoms with van der Waals surface area (Å²) in [6.45, 7) is 1.88. The largest absolute Gasteiger partial charge is 0.329 e. The van der Waals surface area contributed by atoms with Gasteiger partial charge in [-0.1, -0.05) is 30.3 Å². The molecule has 0 aliphatic heterocycles. The lowest BCUT2D eigenvalue weighted by molar-refractivity contribution is -0.136. The normalized spacial score (nSPS) is 10.8. The van der Waals surface area contributed by atoms with Crippen LogP contribution in [0.3, 0.4) is 0 Å². The molecule has 1 heterocycles. The first-order valence-corrected chi connectivity index (χ1v) is 10.1. The molecule has 164 valence electrons. The highest BCUT2D eigenvalue weighted by molar-refractivity contribution is 6.39. The Morgan fingerprint density at radius 3 is 2.45 bits per heavy atom. The van der Waals surface area contributed by atoms with Crippen molar-refractivity contribution in [1.29, 1.82) is 0 Å². The number of hydrazone groups is 1. The molecule has 0 saturated carbocycles. The lowest BCUT2D eigenvalue weighted by Crippen LogP contribution is -2.32. The predicted octanol–water partition coefficient (Wildman–Crippen LogP) is 4.08. The fourth-order valence-corrected chi connectivity index (χ4v) is 3.15. The Hall–Kier alpha value is -4.59. The van der Waals surface area contributed by atoms with E-state index in [0.717, 1.165) is 11.3 Å². The summed E-state index contributed by atoms with van der Waals surface area (Å²) in [5.41, 5.74) is 6.31. The van der Waals surface area contributed by atoms with Crippen LogP contribution in [0.2, 0.25) is 0 Å². The van der Waals surface area contributed by atoms with Crippen LogP contribution in [0, 0.1) is 12.7 Å². The van der Waals surface area contributed by atoms with Crippen LogP contribution < -0.4 is 10.7 Å². The number of amides is 2. The molecule has 0 atom stereocenters. The topological polar surface area (TPSA) is 88.4 Å². The minimum absolute atomic E-state index is 0.358. The first-order valence-electron chi connectivity index (χ1n) is 10.1. The SMILES string of the molecule is Cc1cccc(NC(=O)C(=O)NN=Cc2cn(-c3ccccc3)nc2-c2ccc(F)cc2)c1. The highest BCUT2D eigenvalue weighted by atomic mass is 19.1. The van der Waals surface area contributed by atoms with Crippen molar-refractivity contribution in [2.24, 2.45) is 5.10 Å². The molecule has 0 radical (unpaired) electrons. The average molecular weight is 441 g/mol. The van der Waals surface area contributed by atoms with Crippen molar-refractivity contribution in [1.82, 2.24) is 15.2 Å². The standard InChI is InChI=1S/C25H20FN5O2/c1-17-6-5-7-21(14-17)28-24(32)25(33)29-27-15-19-16-31(22-8-3-2-4-9-22)30-23(19)18-10-12-20(26)13-11-18/h2-16H,1H3,(H,28,32)(H,29,33). The van der Waals surface area contributed by atoms with Gasteiger partial charge < -0.3 is 5.32 Å². The molecule has 8 heteroatoms. The number of hydrogen-bond donors (Lipinski definition) is 2. The Labute approximate surface area is 189 Å². The molecule has 33 heavy (non-hydrogen) atoms. The van der Waals surface area contributed by atoms with E-state index in [1.54, 1.807) is 41.2 Å². The fourth-order valence-electron chi connectivity index (χ4n) is 3.15. The van der Waals surface area contributed by atoms with Crippen molar-refractivity contribution < 1.29 is 14.0 Å². The summed E-state index contributed by atoms with van der Waals surface area (Å²) in [6.07, 6.45) is 3.12. The highest BCUT2D eigenvalue weighted by Crippen LogP contribution is 2.23. The number of para-hydroxylation sites is 1. The zero-order chi connectivity index (χ0) is 23.2. The number of halogens is 1. The molecule has 7 nitrogen and oxygen atoms in total. The predicted molar refractivity (Wildman–Crippen MR) is 125 cm³/mol. The van der Waals surface area contributed by atoms with Gasteiger partial charge in [0.05, 0.1) is 11.9 Å². The average Bonchev–Trinajstić information content (AvgIpc) is 3.24. The van der Waals surface area contributed by atoms with Gasteiger partial charge in [-0.05, 0) is 61.0 Å². The van der Waals surface area contributed by atoms with Crippen LogP contribution in [0.4, 0.5) is 10.1 Å². The number of nitrogens with one attached hydrogen (secondary N) is 2. The lowest BCUT2D eigenvalue weighted by atomic mass is 10.1. The van der Waals surface area contributed by atoms with Crippen LogP contribution in [0.5, 0.6) is 0 Å². The third kappa shape index (κ3) is 5.37. The third-order valence-electron chi connectivity index (χ3n) is 4.73. The van der Waals surface area contributed by atoms with E-state index in [4.69, 9.17) is 0 Å². The summed E-state index contributed by atoms with van der Waals surface area (Å²) >= 11 is 0. The Morgan fingerprint density at radius 2 is 1.73 bits per heavy atom. The smallest absolute Gasteiger partial charge is 0.318 e. The molecule has 2 amide bonds. The van der Waals surface area contributed by atoms with Gasteiger partial charge in [-0.15, -0.1) is 0 Å². The number of hydrogen-bond acceptors (Lipinski definition) is 4. The van der Waals surface area contributed by atoms with E-state index in [1.807, 2.05) is 43.3 Å². The Morgan fingerprint density at radius 1 is 0.970 bits per heavy atom. The van der Waals surface area contributed by atoms with Crippen molar-refractivity contribution in [2.75, 3.05) is 5.32 Å². The van der Waals surface area contributed by atoms with E-state index in [1.165, 1.54) is 18.3 Å². The van der Waals surface area contributed by atoms with Crippen LogP contribution in [0.1, 0.15) is 11.1 Å². The minimum atomic E-state index is -0.911. The summed E-state index contributed by atoms with van der Waals surface area (Å²) in [5, 5.41) is 11.0. The third-order valence-corrected chi connectivity index (χ3v) is 4.73. The van der Waals surface area contributed by atoms with Crippen LogP contribution in [0.25, 0.3) is 16.9 Å². The Balaban J connectivity index is 1.53. The number of anilines is 1. The van der Waals surface area contributed by atoms with Gasteiger partial charge in [0.2, 0.25) is 0 Å². The molecule has 3 aromatic carbocycles. The maximum absolute atomic E-state index is 13.4. The molecule has 2 N–H and O–H groups in total. The highest BCUT2D eigenvalue weighted by Gasteiger charge is 2.14. The lowest BCUT2D eigenvalue weighted by Gasteiger charge is -2.04.